The average Bonchev–Trinajstić information content (AvgIpc) is 2.28. The van der Waals surface area contributed by atoms with Gasteiger partial charge in [-0.2, -0.15) is 0 Å². The lowest BCUT2D eigenvalue weighted by Gasteiger charge is -2.16. The highest BCUT2D eigenvalue weighted by Crippen LogP contribution is 2.18. The molecule has 0 saturated carbocycles. The summed E-state index contributed by atoms with van der Waals surface area (Å²) in [6, 6.07) is 2.75. The number of sulfonamides is 1. The molecule has 0 bridgehead atoms. The molecule has 0 aromatic carbocycles. The van der Waals surface area contributed by atoms with E-state index in [4.69, 9.17) is 16.7 Å². The van der Waals surface area contributed by atoms with Gasteiger partial charge in [-0.15, -0.1) is 0 Å². The lowest BCUT2D eigenvalue weighted by atomic mass is 9.97. The Hall–Kier alpha value is -1.18. The molecule has 8 heteroatoms. The lowest BCUT2D eigenvalue weighted by Crippen LogP contribution is -2.35. The van der Waals surface area contributed by atoms with E-state index in [1.54, 1.807) is 13.8 Å². The fraction of sp³-hybridized carbons (Fsp3) is 0.455. The molecule has 0 aliphatic rings. The van der Waals surface area contributed by atoms with Crippen molar-refractivity contribution in [1.82, 2.24) is 9.71 Å². The quantitative estimate of drug-likeness (QED) is 0.774. The Morgan fingerprint density at radius 1 is 1.53 bits per heavy atom. The number of nitrogens with zero attached hydrogens (tertiary/aromatic N) is 1. The van der Waals surface area contributed by atoms with E-state index in [1.165, 1.54) is 18.3 Å². The summed E-state index contributed by atoms with van der Waals surface area (Å²) in [5, 5.41) is 8.85. The van der Waals surface area contributed by atoms with Crippen LogP contribution in [0.4, 0.5) is 0 Å². The zero-order valence-corrected chi connectivity index (χ0v) is 12.1. The lowest BCUT2D eigenvalue weighted by molar-refractivity contribution is -0.142. The number of hydrogen-bond donors (Lipinski definition) is 2. The Balaban J connectivity index is 2.87. The number of carbonyl (C=O) groups is 1. The van der Waals surface area contributed by atoms with Crippen molar-refractivity contribution in [2.45, 2.75) is 18.7 Å². The first-order valence-corrected chi connectivity index (χ1v) is 7.45. The van der Waals surface area contributed by atoms with E-state index in [0.29, 0.717) is 0 Å². The number of carboxylic acid groups (broad SMARTS) is 1. The fourth-order valence-corrected chi connectivity index (χ4v) is 2.97. The molecule has 0 radical (unpaired) electrons. The summed E-state index contributed by atoms with van der Waals surface area (Å²) in [6.45, 7) is 3.23. The molecule has 1 rings (SSSR count). The molecule has 1 aromatic rings. The van der Waals surface area contributed by atoms with Crippen LogP contribution in [0, 0.1) is 11.8 Å². The maximum atomic E-state index is 12.0. The number of carboxylic acids is 1. The van der Waals surface area contributed by atoms with Crippen molar-refractivity contribution in [3.8, 4) is 0 Å². The van der Waals surface area contributed by atoms with Gasteiger partial charge in [0.05, 0.1) is 5.92 Å². The Morgan fingerprint density at radius 3 is 2.63 bits per heavy atom. The molecule has 106 valence electrons. The van der Waals surface area contributed by atoms with Crippen LogP contribution >= 0.6 is 11.6 Å². The van der Waals surface area contributed by atoms with Crippen LogP contribution in [0.1, 0.15) is 13.8 Å². The number of rotatable bonds is 6. The number of nitrogens with one attached hydrogen (secondary N) is 1. The van der Waals surface area contributed by atoms with Crippen molar-refractivity contribution in [2.24, 2.45) is 11.8 Å². The Morgan fingerprint density at radius 2 is 2.16 bits per heavy atom. The van der Waals surface area contributed by atoms with Crippen LogP contribution < -0.4 is 4.72 Å². The maximum absolute atomic E-state index is 12.0. The summed E-state index contributed by atoms with van der Waals surface area (Å²) in [5.74, 6) is -2.04. The summed E-state index contributed by atoms with van der Waals surface area (Å²) in [6.07, 6.45) is 1.37. The summed E-state index contributed by atoms with van der Waals surface area (Å²) in [7, 11) is -3.86. The molecule has 1 unspecified atom stereocenters. The first-order chi connectivity index (χ1) is 8.75. The highest BCUT2D eigenvalue weighted by Gasteiger charge is 2.25. The molecule has 0 fully saturated rings. The van der Waals surface area contributed by atoms with Crippen molar-refractivity contribution in [3.05, 3.63) is 23.5 Å². The van der Waals surface area contributed by atoms with Crippen molar-refractivity contribution in [1.29, 1.82) is 0 Å². The number of aromatic nitrogens is 1. The van der Waals surface area contributed by atoms with E-state index < -0.39 is 21.9 Å². The van der Waals surface area contributed by atoms with Gasteiger partial charge in [0, 0.05) is 12.7 Å². The highest BCUT2D eigenvalue weighted by atomic mass is 35.5. The van der Waals surface area contributed by atoms with Crippen LogP contribution in [0.3, 0.4) is 0 Å². The molecular weight excluding hydrogens is 292 g/mol. The molecule has 0 spiro atoms. The van der Waals surface area contributed by atoms with Gasteiger partial charge in [0.25, 0.3) is 0 Å². The van der Waals surface area contributed by atoms with Gasteiger partial charge >= 0.3 is 5.97 Å². The number of pyridine rings is 1. The SMILES string of the molecule is CC(C)C(CNS(=O)(=O)c1cccnc1Cl)C(=O)O. The van der Waals surface area contributed by atoms with Crippen molar-refractivity contribution >= 4 is 27.6 Å². The monoisotopic (exact) mass is 306 g/mol. The zero-order valence-electron chi connectivity index (χ0n) is 10.5. The molecule has 19 heavy (non-hydrogen) atoms. The van der Waals surface area contributed by atoms with Crippen molar-refractivity contribution in [3.63, 3.8) is 0 Å². The third kappa shape index (κ3) is 4.15. The normalized spacial score (nSPS) is 13.5. The van der Waals surface area contributed by atoms with Gasteiger partial charge in [0.15, 0.2) is 0 Å². The standard InChI is InChI=1S/C11H15ClN2O4S/c1-7(2)8(11(15)16)6-14-19(17,18)9-4-3-5-13-10(9)12/h3-5,7-8,14H,6H2,1-2H3,(H,15,16). The second-order valence-corrected chi connectivity index (χ2v) is 6.43. The van der Waals surface area contributed by atoms with Crippen LogP contribution in [0.5, 0.6) is 0 Å². The van der Waals surface area contributed by atoms with Gasteiger partial charge in [-0.05, 0) is 18.1 Å². The number of halogens is 1. The predicted molar refractivity (Wildman–Crippen MR) is 70.4 cm³/mol. The number of aliphatic carboxylic acids is 1. The van der Waals surface area contributed by atoms with Gasteiger partial charge in [-0.3, -0.25) is 4.79 Å². The molecule has 1 heterocycles. The summed E-state index contributed by atoms with van der Waals surface area (Å²) >= 11 is 5.70. The van der Waals surface area contributed by atoms with Crippen LogP contribution in [0.25, 0.3) is 0 Å². The molecule has 0 aliphatic carbocycles. The van der Waals surface area contributed by atoms with E-state index in [9.17, 15) is 13.2 Å². The first-order valence-electron chi connectivity index (χ1n) is 5.58. The molecular formula is C11H15ClN2O4S. The molecule has 0 saturated heterocycles. The molecule has 0 amide bonds. The fourth-order valence-electron chi connectivity index (χ4n) is 1.46. The third-order valence-electron chi connectivity index (χ3n) is 2.63. The molecule has 1 aromatic heterocycles. The minimum Gasteiger partial charge on any atom is -0.481 e. The van der Waals surface area contributed by atoms with Crippen LogP contribution in [0.2, 0.25) is 5.15 Å². The minimum atomic E-state index is -3.86. The van der Waals surface area contributed by atoms with Crippen LogP contribution in [0.15, 0.2) is 23.2 Å². The largest absolute Gasteiger partial charge is 0.481 e. The van der Waals surface area contributed by atoms with Gasteiger partial charge in [0.1, 0.15) is 10.0 Å². The Labute approximate surface area is 116 Å². The zero-order chi connectivity index (χ0) is 14.6. The van der Waals surface area contributed by atoms with Crippen LogP contribution in [-0.2, 0) is 14.8 Å². The van der Waals surface area contributed by atoms with Crippen molar-refractivity contribution in [2.75, 3.05) is 6.54 Å². The smallest absolute Gasteiger partial charge is 0.308 e. The summed E-state index contributed by atoms with van der Waals surface area (Å²) < 4.78 is 26.2. The summed E-state index contributed by atoms with van der Waals surface area (Å²) in [5.41, 5.74) is 0. The predicted octanol–water partition coefficient (Wildman–Crippen LogP) is 1.37. The molecule has 2 N–H and O–H groups in total. The van der Waals surface area contributed by atoms with Gasteiger partial charge in [-0.25, -0.2) is 18.1 Å². The van der Waals surface area contributed by atoms with E-state index in [-0.39, 0.29) is 22.5 Å². The van der Waals surface area contributed by atoms with Gasteiger partial charge in [-0.1, -0.05) is 25.4 Å². The molecule has 0 aliphatic heterocycles. The maximum Gasteiger partial charge on any atom is 0.308 e. The van der Waals surface area contributed by atoms with E-state index in [2.05, 4.69) is 9.71 Å². The van der Waals surface area contributed by atoms with Crippen LogP contribution in [-0.4, -0.2) is 31.0 Å². The van der Waals surface area contributed by atoms with E-state index in [0.717, 1.165) is 0 Å². The Bertz CT molecular complexity index is 560. The molecule has 1 atom stereocenters. The average molecular weight is 307 g/mol. The highest BCUT2D eigenvalue weighted by molar-refractivity contribution is 7.89. The minimum absolute atomic E-state index is 0.147. The van der Waals surface area contributed by atoms with Gasteiger partial charge in [0.2, 0.25) is 10.0 Å². The molecule has 6 nitrogen and oxygen atoms in total. The van der Waals surface area contributed by atoms with Gasteiger partial charge < -0.3 is 5.11 Å². The third-order valence-corrected chi connectivity index (χ3v) is 4.50. The number of hydrogen-bond acceptors (Lipinski definition) is 4. The van der Waals surface area contributed by atoms with Crippen molar-refractivity contribution < 1.29 is 18.3 Å². The topological polar surface area (TPSA) is 96.4 Å². The van der Waals surface area contributed by atoms with E-state index in [1.807, 2.05) is 0 Å². The second-order valence-electron chi connectivity index (χ2n) is 4.33. The first kappa shape index (κ1) is 15.9. The summed E-state index contributed by atoms with van der Waals surface area (Å²) in [4.78, 5) is 14.5. The van der Waals surface area contributed by atoms with E-state index >= 15 is 0 Å². The Kier molecular flexibility index (Phi) is 5.28. The second kappa shape index (κ2) is 6.31.